The highest BCUT2D eigenvalue weighted by atomic mass is 19.1. The summed E-state index contributed by atoms with van der Waals surface area (Å²) in [6, 6.07) is 1.24. The zero-order chi connectivity index (χ0) is 11.6. The Labute approximate surface area is 83.6 Å². The summed E-state index contributed by atoms with van der Waals surface area (Å²) < 4.78 is 30.7. The van der Waals surface area contributed by atoms with E-state index in [1.165, 1.54) is 0 Å². The number of benzene rings is 1. The molecule has 0 bridgehead atoms. The van der Waals surface area contributed by atoms with Crippen LogP contribution in [0.5, 0.6) is 5.75 Å². The van der Waals surface area contributed by atoms with Crippen molar-refractivity contribution in [3.05, 3.63) is 29.3 Å². The predicted octanol–water partition coefficient (Wildman–Crippen LogP) is 0.641. The third kappa shape index (κ3) is 2.09. The smallest absolute Gasteiger partial charge is 0.289 e. The molecule has 1 amide bonds. The van der Waals surface area contributed by atoms with E-state index in [4.69, 9.17) is 0 Å². The zero-order valence-corrected chi connectivity index (χ0v) is 7.71. The van der Waals surface area contributed by atoms with Gasteiger partial charge >= 0.3 is 0 Å². The van der Waals surface area contributed by atoms with Gasteiger partial charge in [0.1, 0.15) is 5.82 Å². The molecule has 0 fully saturated rings. The monoisotopic (exact) mass is 215 g/mol. The molecular formula is C9H7F2NO3. The molecule has 0 aliphatic heterocycles. The van der Waals surface area contributed by atoms with Crippen LogP contribution in [0.15, 0.2) is 12.1 Å². The maximum Gasteiger partial charge on any atom is 0.289 e. The Morgan fingerprint density at radius 2 is 1.87 bits per heavy atom. The van der Waals surface area contributed by atoms with Gasteiger partial charge in [0.05, 0.1) is 12.7 Å². The molecule has 0 aliphatic rings. The maximum absolute atomic E-state index is 13.2. The van der Waals surface area contributed by atoms with Crippen LogP contribution in [0.25, 0.3) is 0 Å². The standard InChI is InChI=1S/C9H7F2NO3/c1-15-7-3-5(10)4(2-6(7)11)8(13)9(12)14/h2-3H,1H3,(H2,12,14). The number of methoxy groups -OCH3 is 1. The summed E-state index contributed by atoms with van der Waals surface area (Å²) in [6.45, 7) is 0. The van der Waals surface area contributed by atoms with Crippen LogP contribution in [-0.2, 0) is 4.79 Å². The first-order valence-electron chi connectivity index (χ1n) is 3.84. The second-order valence-electron chi connectivity index (χ2n) is 2.66. The van der Waals surface area contributed by atoms with Crippen molar-refractivity contribution in [3.63, 3.8) is 0 Å². The molecular weight excluding hydrogens is 208 g/mol. The number of carbonyl (C=O) groups is 2. The number of amides is 1. The molecule has 0 aromatic heterocycles. The van der Waals surface area contributed by atoms with Gasteiger partial charge in [0.25, 0.3) is 11.7 Å². The van der Waals surface area contributed by atoms with Crippen LogP contribution in [0.2, 0.25) is 0 Å². The van der Waals surface area contributed by atoms with Crippen LogP contribution >= 0.6 is 0 Å². The molecule has 2 N–H and O–H groups in total. The van der Waals surface area contributed by atoms with E-state index < -0.39 is 28.9 Å². The van der Waals surface area contributed by atoms with E-state index in [0.29, 0.717) is 12.1 Å². The number of primary amides is 1. The van der Waals surface area contributed by atoms with Gasteiger partial charge in [-0.25, -0.2) is 8.78 Å². The van der Waals surface area contributed by atoms with Gasteiger partial charge in [-0.15, -0.1) is 0 Å². The Bertz CT molecular complexity index is 432. The number of hydrogen-bond donors (Lipinski definition) is 1. The molecule has 0 saturated carbocycles. The van der Waals surface area contributed by atoms with Gasteiger partial charge in [0.15, 0.2) is 11.6 Å². The van der Waals surface area contributed by atoms with Crippen molar-refractivity contribution in [2.45, 2.75) is 0 Å². The van der Waals surface area contributed by atoms with E-state index in [2.05, 4.69) is 10.5 Å². The highest BCUT2D eigenvalue weighted by molar-refractivity contribution is 6.42. The predicted molar refractivity (Wildman–Crippen MR) is 46.4 cm³/mol. The summed E-state index contributed by atoms with van der Waals surface area (Å²) in [6.07, 6.45) is 0. The summed E-state index contributed by atoms with van der Waals surface area (Å²) in [5.74, 6) is -4.98. The molecule has 6 heteroatoms. The van der Waals surface area contributed by atoms with Crippen molar-refractivity contribution in [1.29, 1.82) is 0 Å². The minimum Gasteiger partial charge on any atom is -0.494 e. The number of halogens is 2. The summed E-state index contributed by atoms with van der Waals surface area (Å²) in [5, 5.41) is 0. The zero-order valence-electron chi connectivity index (χ0n) is 7.71. The van der Waals surface area contributed by atoms with Gasteiger partial charge in [-0.3, -0.25) is 9.59 Å². The van der Waals surface area contributed by atoms with Crippen LogP contribution in [0.1, 0.15) is 10.4 Å². The minimum absolute atomic E-state index is 0.353. The van der Waals surface area contributed by atoms with Gasteiger partial charge in [0.2, 0.25) is 0 Å². The average Bonchev–Trinajstić information content (AvgIpc) is 2.19. The number of Topliss-reactive ketones (excluding diaryl/α,β-unsaturated/α-hetero) is 1. The third-order valence-corrected chi connectivity index (χ3v) is 1.71. The Hall–Kier alpha value is -1.98. The fraction of sp³-hybridized carbons (Fsp3) is 0.111. The maximum atomic E-state index is 13.2. The lowest BCUT2D eigenvalue weighted by Gasteiger charge is -2.04. The van der Waals surface area contributed by atoms with Crippen molar-refractivity contribution in [2.75, 3.05) is 7.11 Å². The lowest BCUT2D eigenvalue weighted by Crippen LogP contribution is -2.24. The minimum atomic E-state index is -1.35. The highest BCUT2D eigenvalue weighted by Gasteiger charge is 2.20. The van der Waals surface area contributed by atoms with Crippen LogP contribution in [0, 0.1) is 11.6 Å². The van der Waals surface area contributed by atoms with E-state index in [9.17, 15) is 18.4 Å². The number of hydrogen-bond acceptors (Lipinski definition) is 3. The number of ether oxygens (including phenoxy) is 1. The van der Waals surface area contributed by atoms with Crippen molar-refractivity contribution in [3.8, 4) is 5.75 Å². The molecule has 0 unspecified atom stereocenters. The average molecular weight is 215 g/mol. The van der Waals surface area contributed by atoms with Crippen molar-refractivity contribution < 1.29 is 23.1 Å². The highest BCUT2D eigenvalue weighted by Crippen LogP contribution is 2.21. The molecule has 1 rings (SSSR count). The first-order valence-corrected chi connectivity index (χ1v) is 3.84. The van der Waals surface area contributed by atoms with Crippen molar-refractivity contribution >= 4 is 11.7 Å². The molecule has 0 atom stereocenters. The van der Waals surface area contributed by atoms with E-state index >= 15 is 0 Å². The number of carbonyl (C=O) groups excluding carboxylic acids is 2. The van der Waals surface area contributed by atoms with E-state index in [1.807, 2.05) is 0 Å². The lowest BCUT2D eigenvalue weighted by molar-refractivity contribution is -0.114. The van der Waals surface area contributed by atoms with Gasteiger partial charge in [0, 0.05) is 6.07 Å². The molecule has 0 heterocycles. The molecule has 0 spiro atoms. The van der Waals surface area contributed by atoms with Gasteiger partial charge in [-0.1, -0.05) is 0 Å². The van der Waals surface area contributed by atoms with Crippen molar-refractivity contribution in [1.82, 2.24) is 0 Å². The number of rotatable bonds is 3. The van der Waals surface area contributed by atoms with Crippen molar-refractivity contribution in [2.24, 2.45) is 5.73 Å². The fourth-order valence-corrected chi connectivity index (χ4v) is 0.992. The molecule has 4 nitrogen and oxygen atoms in total. The second-order valence-corrected chi connectivity index (χ2v) is 2.66. The van der Waals surface area contributed by atoms with E-state index in [-0.39, 0.29) is 5.75 Å². The Morgan fingerprint density at radius 3 is 2.33 bits per heavy atom. The van der Waals surface area contributed by atoms with Crippen LogP contribution < -0.4 is 10.5 Å². The summed E-state index contributed by atoms with van der Waals surface area (Å²) in [5.41, 5.74) is 3.94. The molecule has 0 saturated heterocycles. The van der Waals surface area contributed by atoms with Crippen LogP contribution in [0.3, 0.4) is 0 Å². The van der Waals surface area contributed by atoms with Gasteiger partial charge < -0.3 is 10.5 Å². The Balaban J connectivity index is 3.28. The van der Waals surface area contributed by atoms with E-state index in [0.717, 1.165) is 7.11 Å². The molecule has 1 aromatic rings. The third-order valence-electron chi connectivity index (χ3n) is 1.71. The van der Waals surface area contributed by atoms with Crippen LogP contribution in [-0.4, -0.2) is 18.8 Å². The molecule has 80 valence electrons. The molecule has 0 aliphatic carbocycles. The quantitative estimate of drug-likeness (QED) is 0.594. The van der Waals surface area contributed by atoms with Gasteiger partial charge in [-0.05, 0) is 6.07 Å². The topological polar surface area (TPSA) is 69.4 Å². The summed E-state index contributed by atoms with van der Waals surface area (Å²) in [7, 11) is 1.15. The molecule has 15 heavy (non-hydrogen) atoms. The van der Waals surface area contributed by atoms with Gasteiger partial charge in [-0.2, -0.15) is 0 Å². The lowest BCUT2D eigenvalue weighted by atomic mass is 10.1. The fourth-order valence-electron chi connectivity index (χ4n) is 0.992. The largest absolute Gasteiger partial charge is 0.494 e. The number of ketones is 1. The summed E-state index contributed by atoms with van der Waals surface area (Å²) >= 11 is 0. The molecule has 0 radical (unpaired) electrons. The first kappa shape index (κ1) is 11.1. The SMILES string of the molecule is COc1cc(F)c(C(=O)C(N)=O)cc1F. The summed E-state index contributed by atoms with van der Waals surface area (Å²) in [4.78, 5) is 21.5. The Morgan fingerprint density at radius 1 is 1.27 bits per heavy atom. The molecule has 1 aromatic carbocycles. The number of nitrogens with two attached hydrogens (primary N) is 1. The second kappa shape index (κ2) is 4.04. The first-order chi connectivity index (χ1) is 6.97. The van der Waals surface area contributed by atoms with E-state index in [1.54, 1.807) is 0 Å². The normalized spacial score (nSPS) is 9.80. The Kier molecular flexibility index (Phi) is 2.99. The van der Waals surface area contributed by atoms with Crippen LogP contribution in [0.4, 0.5) is 8.78 Å².